The standard InChI is InChI=1S/C34H44N4O4S/c1-20(2)15-27(22-11-13-23(14-12-22)29-21(3)35-19-43-29)36-31(40)28-16-25(39)18-37(28)33(42)30(34(4,5)6)38-17-24-9-7-8-10-26(24)32(38)41/h7-14,19-20,25,27-28,30,32,39,41H,15-18H2,1-6H3,(H,36,40)/t25-,27+,28?,30-,32?/m1/s1. The zero-order valence-electron chi connectivity index (χ0n) is 25.9. The molecule has 2 aromatic carbocycles. The molecule has 0 radical (unpaired) electrons. The van der Waals surface area contributed by atoms with Crippen LogP contribution in [-0.4, -0.2) is 61.5 Å². The van der Waals surface area contributed by atoms with Crippen molar-refractivity contribution in [3.63, 3.8) is 0 Å². The van der Waals surface area contributed by atoms with Crippen molar-refractivity contribution in [1.29, 1.82) is 0 Å². The molecular weight excluding hydrogens is 560 g/mol. The fraction of sp³-hybridized carbons (Fsp3) is 0.500. The van der Waals surface area contributed by atoms with Crippen molar-refractivity contribution in [2.45, 2.75) is 91.4 Å². The monoisotopic (exact) mass is 604 g/mol. The molecule has 0 saturated carbocycles. The molecule has 2 aliphatic rings. The summed E-state index contributed by atoms with van der Waals surface area (Å²) in [5.41, 5.74) is 6.18. The Hall–Kier alpha value is -3.11. The highest BCUT2D eigenvalue weighted by Gasteiger charge is 2.49. The average Bonchev–Trinajstić information content (AvgIpc) is 3.64. The van der Waals surface area contributed by atoms with Crippen LogP contribution < -0.4 is 5.32 Å². The van der Waals surface area contributed by atoms with Crippen molar-refractivity contribution in [1.82, 2.24) is 20.1 Å². The summed E-state index contributed by atoms with van der Waals surface area (Å²) in [6.07, 6.45) is -0.811. The van der Waals surface area contributed by atoms with Gasteiger partial charge in [-0.15, -0.1) is 11.3 Å². The van der Waals surface area contributed by atoms with Crippen LogP contribution in [0, 0.1) is 18.3 Å². The van der Waals surface area contributed by atoms with Crippen LogP contribution in [0.25, 0.3) is 10.4 Å². The van der Waals surface area contributed by atoms with Gasteiger partial charge in [-0.1, -0.05) is 83.1 Å². The van der Waals surface area contributed by atoms with Crippen LogP contribution >= 0.6 is 11.3 Å². The lowest BCUT2D eigenvalue weighted by Gasteiger charge is -2.41. The number of aliphatic hydroxyl groups is 2. The van der Waals surface area contributed by atoms with Crippen molar-refractivity contribution in [2.75, 3.05) is 6.54 Å². The van der Waals surface area contributed by atoms with Crippen LogP contribution in [0.15, 0.2) is 54.0 Å². The van der Waals surface area contributed by atoms with Crippen LogP contribution in [0.4, 0.5) is 0 Å². The van der Waals surface area contributed by atoms with Crippen molar-refractivity contribution in [2.24, 2.45) is 11.3 Å². The fourth-order valence-electron chi connectivity index (χ4n) is 6.56. The number of likely N-dealkylation sites (tertiary alicyclic amines) is 1. The zero-order valence-corrected chi connectivity index (χ0v) is 26.8. The zero-order chi connectivity index (χ0) is 31.1. The molecule has 0 aliphatic carbocycles. The molecule has 5 rings (SSSR count). The van der Waals surface area contributed by atoms with E-state index in [-0.39, 0.29) is 30.8 Å². The summed E-state index contributed by atoms with van der Waals surface area (Å²) in [6.45, 7) is 12.7. The molecule has 3 heterocycles. The van der Waals surface area contributed by atoms with E-state index in [0.29, 0.717) is 12.5 Å². The summed E-state index contributed by atoms with van der Waals surface area (Å²) in [7, 11) is 0. The van der Waals surface area contributed by atoms with Gasteiger partial charge in [0.2, 0.25) is 11.8 Å². The first-order valence-electron chi connectivity index (χ1n) is 15.2. The first-order chi connectivity index (χ1) is 20.3. The highest BCUT2D eigenvalue weighted by molar-refractivity contribution is 7.13. The lowest BCUT2D eigenvalue weighted by atomic mass is 9.84. The van der Waals surface area contributed by atoms with Gasteiger partial charge in [0, 0.05) is 19.5 Å². The molecule has 230 valence electrons. The molecule has 5 atom stereocenters. The lowest BCUT2D eigenvalue weighted by Crippen LogP contribution is -2.57. The van der Waals surface area contributed by atoms with Gasteiger partial charge in [-0.3, -0.25) is 14.5 Å². The molecule has 8 nitrogen and oxygen atoms in total. The van der Waals surface area contributed by atoms with Crippen LogP contribution in [0.3, 0.4) is 0 Å². The van der Waals surface area contributed by atoms with Crippen LogP contribution in [0.1, 0.15) is 82.1 Å². The smallest absolute Gasteiger partial charge is 0.243 e. The van der Waals surface area contributed by atoms with Gasteiger partial charge in [0.15, 0.2) is 0 Å². The minimum atomic E-state index is -0.920. The minimum Gasteiger partial charge on any atom is -0.391 e. The summed E-state index contributed by atoms with van der Waals surface area (Å²) in [5, 5.41) is 25.2. The summed E-state index contributed by atoms with van der Waals surface area (Å²) in [5.74, 6) is -0.194. The number of carbonyl (C=O) groups excluding carboxylic acids is 2. The lowest BCUT2D eigenvalue weighted by molar-refractivity contribution is -0.152. The molecule has 2 amide bonds. The van der Waals surface area contributed by atoms with Gasteiger partial charge in [-0.2, -0.15) is 0 Å². The van der Waals surface area contributed by atoms with E-state index >= 15 is 0 Å². The van der Waals surface area contributed by atoms with Crippen molar-refractivity contribution >= 4 is 23.2 Å². The molecule has 0 spiro atoms. The van der Waals surface area contributed by atoms with Crippen molar-refractivity contribution in [3.8, 4) is 10.4 Å². The van der Waals surface area contributed by atoms with E-state index in [1.165, 1.54) is 4.90 Å². The highest BCUT2D eigenvalue weighted by atomic mass is 32.1. The highest BCUT2D eigenvalue weighted by Crippen LogP contribution is 2.40. The Morgan fingerprint density at radius 2 is 1.79 bits per heavy atom. The second kappa shape index (κ2) is 12.5. The number of β-amino-alcohol motifs (C(OH)–C–C–N with tert-alkyl or cyclic N) is 1. The molecule has 3 N–H and O–H groups in total. The van der Waals surface area contributed by atoms with Gasteiger partial charge in [-0.05, 0) is 46.9 Å². The first-order valence-corrected chi connectivity index (χ1v) is 16.0. The van der Waals surface area contributed by atoms with Gasteiger partial charge < -0.3 is 20.4 Å². The van der Waals surface area contributed by atoms with E-state index in [0.717, 1.165) is 39.2 Å². The van der Waals surface area contributed by atoms with Crippen LogP contribution in [0.5, 0.6) is 0 Å². The number of aryl methyl sites for hydroxylation is 1. The number of aliphatic hydroxyl groups excluding tert-OH is 2. The van der Waals surface area contributed by atoms with Crippen molar-refractivity contribution < 1.29 is 19.8 Å². The first kappa shape index (κ1) is 31.3. The van der Waals surface area contributed by atoms with E-state index in [1.54, 1.807) is 11.3 Å². The van der Waals surface area contributed by atoms with E-state index in [4.69, 9.17) is 0 Å². The SMILES string of the molecule is Cc1ncsc1-c1ccc([C@H](CC(C)C)NC(=O)C2C[C@@H](O)CN2C(=O)[C@@H](N2Cc3ccccc3C2O)C(C)(C)C)cc1. The topological polar surface area (TPSA) is 106 Å². The summed E-state index contributed by atoms with van der Waals surface area (Å²) >= 11 is 1.61. The quantitative estimate of drug-likeness (QED) is 0.326. The van der Waals surface area contributed by atoms with Gasteiger partial charge in [0.1, 0.15) is 12.3 Å². The molecule has 1 saturated heterocycles. The van der Waals surface area contributed by atoms with Crippen LogP contribution in [-0.2, 0) is 16.1 Å². The molecule has 1 fully saturated rings. The Labute approximate surface area is 258 Å². The number of hydrogen-bond donors (Lipinski definition) is 3. The third kappa shape index (κ3) is 6.55. The molecule has 2 unspecified atom stereocenters. The normalized spacial score (nSPS) is 22.1. The molecular formula is C34H44N4O4S. The average molecular weight is 605 g/mol. The summed E-state index contributed by atoms with van der Waals surface area (Å²) in [4.78, 5) is 37.1. The second-order valence-corrected chi connectivity index (χ2v) is 14.3. The van der Waals surface area contributed by atoms with E-state index < -0.39 is 29.8 Å². The Morgan fingerprint density at radius 1 is 1.09 bits per heavy atom. The van der Waals surface area contributed by atoms with E-state index in [2.05, 4.69) is 48.4 Å². The van der Waals surface area contributed by atoms with Crippen molar-refractivity contribution in [3.05, 3.63) is 76.4 Å². The number of nitrogens with zero attached hydrogens (tertiary/aromatic N) is 3. The van der Waals surface area contributed by atoms with Crippen LogP contribution in [0.2, 0.25) is 0 Å². The maximum absolute atomic E-state index is 14.3. The van der Waals surface area contributed by atoms with Gasteiger partial charge in [0.05, 0.1) is 34.3 Å². The Balaban J connectivity index is 1.37. The predicted molar refractivity (Wildman–Crippen MR) is 169 cm³/mol. The number of rotatable bonds is 8. The molecule has 3 aromatic rings. The largest absolute Gasteiger partial charge is 0.391 e. The van der Waals surface area contributed by atoms with Gasteiger partial charge >= 0.3 is 0 Å². The minimum absolute atomic E-state index is 0.0815. The molecule has 2 aliphatic heterocycles. The third-order valence-electron chi connectivity index (χ3n) is 8.60. The summed E-state index contributed by atoms with van der Waals surface area (Å²) in [6, 6.07) is 14.2. The predicted octanol–water partition coefficient (Wildman–Crippen LogP) is 5.21. The Morgan fingerprint density at radius 3 is 2.40 bits per heavy atom. The number of nitrogens with one attached hydrogen (secondary N) is 1. The number of thiazole rings is 1. The molecule has 9 heteroatoms. The van der Waals surface area contributed by atoms with E-state index in [1.807, 2.05) is 62.4 Å². The maximum atomic E-state index is 14.3. The molecule has 43 heavy (non-hydrogen) atoms. The maximum Gasteiger partial charge on any atom is 0.243 e. The number of aromatic nitrogens is 1. The third-order valence-corrected chi connectivity index (χ3v) is 9.57. The Kier molecular flexibility index (Phi) is 9.09. The second-order valence-electron chi connectivity index (χ2n) is 13.5. The molecule has 0 bridgehead atoms. The number of hydrogen-bond acceptors (Lipinski definition) is 7. The summed E-state index contributed by atoms with van der Waals surface area (Å²) < 4.78 is 0. The number of fused-ring (bicyclic) bond motifs is 1. The number of amides is 2. The van der Waals surface area contributed by atoms with Gasteiger partial charge in [-0.25, -0.2) is 4.98 Å². The van der Waals surface area contributed by atoms with Gasteiger partial charge in [0.25, 0.3) is 0 Å². The number of carbonyl (C=O) groups is 2. The number of benzene rings is 2. The molecule has 1 aromatic heterocycles. The van der Waals surface area contributed by atoms with E-state index in [9.17, 15) is 19.8 Å². The fourth-order valence-corrected chi connectivity index (χ4v) is 7.37. The Bertz CT molecular complexity index is 1450.